The fourth-order valence-corrected chi connectivity index (χ4v) is 3.56. The molecule has 1 fully saturated rings. The fourth-order valence-electron chi connectivity index (χ4n) is 2.98. The smallest absolute Gasteiger partial charge is 0.416 e. The maximum absolute atomic E-state index is 12.9. The van der Waals surface area contributed by atoms with Gasteiger partial charge in [-0.05, 0) is 31.2 Å². The number of aromatic nitrogens is 1. The number of thiazole rings is 1. The molecule has 160 valence electrons. The van der Waals surface area contributed by atoms with Gasteiger partial charge in [0.15, 0.2) is 6.61 Å². The van der Waals surface area contributed by atoms with Crippen LogP contribution < -0.4 is 4.90 Å². The van der Waals surface area contributed by atoms with E-state index >= 15 is 0 Å². The number of anilines is 1. The van der Waals surface area contributed by atoms with E-state index in [0.717, 1.165) is 17.1 Å². The molecule has 1 aliphatic heterocycles. The van der Waals surface area contributed by atoms with Crippen molar-refractivity contribution >= 4 is 35.0 Å². The quantitative estimate of drug-likeness (QED) is 0.528. The Morgan fingerprint density at radius 1 is 1.23 bits per heavy atom. The number of carbonyl (C=O) groups excluding carboxylic acids is 2. The summed E-state index contributed by atoms with van der Waals surface area (Å²) >= 11 is 1.46. The van der Waals surface area contributed by atoms with Crippen LogP contribution in [0.3, 0.4) is 0 Å². The van der Waals surface area contributed by atoms with Gasteiger partial charge in [0.25, 0.3) is 5.91 Å². The minimum Gasteiger partial charge on any atom is -0.452 e. The van der Waals surface area contributed by atoms with Gasteiger partial charge in [0.1, 0.15) is 0 Å². The molecule has 1 amide bonds. The number of benzene rings is 1. The molecule has 0 unspecified atom stereocenters. The average molecular weight is 439 g/mol. The number of alkyl halides is 3. The molecule has 0 aliphatic carbocycles. The second kappa shape index (κ2) is 9.29. The van der Waals surface area contributed by atoms with E-state index in [9.17, 15) is 22.8 Å². The molecule has 6 nitrogen and oxygen atoms in total. The summed E-state index contributed by atoms with van der Waals surface area (Å²) in [5, 5.41) is 2.68. The van der Waals surface area contributed by atoms with E-state index in [2.05, 4.69) is 4.98 Å². The van der Waals surface area contributed by atoms with Crippen molar-refractivity contribution in [1.29, 1.82) is 0 Å². The summed E-state index contributed by atoms with van der Waals surface area (Å²) in [6.07, 6.45) is -1.66. The first-order valence-electron chi connectivity index (χ1n) is 9.19. The lowest BCUT2D eigenvalue weighted by atomic mass is 10.1. The highest BCUT2D eigenvalue weighted by atomic mass is 32.1. The van der Waals surface area contributed by atoms with Crippen molar-refractivity contribution in [2.24, 2.45) is 0 Å². The highest BCUT2D eigenvalue weighted by Crippen LogP contribution is 2.31. The lowest BCUT2D eigenvalue weighted by Gasteiger charge is -2.36. The Hall–Kier alpha value is -2.88. The number of ether oxygens (including phenoxy) is 1. The van der Waals surface area contributed by atoms with E-state index in [1.807, 2.05) is 6.92 Å². The summed E-state index contributed by atoms with van der Waals surface area (Å²) in [5.41, 5.74) is 0.406. The molecule has 1 saturated heterocycles. The number of hydrogen-bond acceptors (Lipinski definition) is 6. The van der Waals surface area contributed by atoms with Crippen LogP contribution in [0.2, 0.25) is 0 Å². The zero-order valence-corrected chi connectivity index (χ0v) is 17.0. The van der Waals surface area contributed by atoms with Crippen LogP contribution in [0.4, 0.5) is 18.9 Å². The van der Waals surface area contributed by atoms with Gasteiger partial charge in [-0.2, -0.15) is 13.2 Å². The fraction of sp³-hybridized carbons (Fsp3) is 0.350. The van der Waals surface area contributed by atoms with Crippen LogP contribution in [0.25, 0.3) is 6.08 Å². The van der Waals surface area contributed by atoms with Crippen LogP contribution in [0, 0.1) is 6.92 Å². The molecule has 30 heavy (non-hydrogen) atoms. The first-order valence-corrected chi connectivity index (χ1v) is 10.1. The summed E-state index contributed by atoms with van der Waals surface area (Å²) in [5.74, 6) is -0.985. The second-order valence-electron chi connectivity index (χ2n) is 6.65. The Bertz CT molecular complexity index is 935. The molecule has 0 bridgehead atoms. The van der Waals surface area contributed by atoms with Crippen molar-refractivity contribution in [2.45, 2.75) is 13.1 Å². The number of aryl methyl sites for hydroxylation is 1. The number of nitrogens with zero attached hydrogens (tertiary/aromatic N) is 3. The van der Waals surface area contributed by atoms with Gasteiger partial charge in [-0.3, -0.25) is 4.79 Å². The minimum absolute atomic E-state index is 0.334. The summed E-state index contributed by atoms with van der Waals surface area (Å²) in [6.45, 7) is 2.92. The molecule has 0 N–H and O–H groups in total. The highest BCUT2D eigenvalue weighted by Gasteiger charge is 2.31. The molecule has 10 heteroatoms. The topological polar surface area (TPSA) is 62.7 Å². The monoisotopic (exact) mass is 439 g/mol. The Kier molecular flexibility index (Phi) is 6.76. The van der Waals surface area contributed by atoms with Crippen molar-refractivity contribution < 1.29 is 27.5 Å². The number of esters is 1. The third-order valence-corrected chi connectivity index (χ3v) is 5.33. The summed E-state index contributed by atoms with van der Waals surface area (Å²) in [7, 11) is 0. The van der Waals surface area contributed by atoms with Gasteiger partial charge in [-0.15, -0.1) is 11.3 Å². The normalized spacial score (nSPS) is 14.9. The number of amides is 1. The first-order chi connectivity index (χ1) is 14.2. The van der Waals surface area contributed by atoms with Crippen LogP contribution in [0.5, 0.6) is 0 Å². The molecule has 1 aromatic heterocycles. The summed E-state index contributed by atoms with van der Waals surface area (Å²) in [6, 6.07) is 5.12. The van der Waals surface area contributed by atoms with E-state index in [1.165, 1.54) is 34.5 Å². The molecule has 2 heterocycles. The molecule has 3 rings (SSSR count). The zero-order valence-electron chi connectivity index (χ0n) is 16.2. The Morgan fingerprint density at radius 3 is 2.60 bits per heavy atom. The van der Waals surface area contributed by atoms with Gasteiger partial charge in [-0.1, -0.05) is 6.07 Å². The van der Waals surface area contributed by atoms with E-state index in [-0.39, 0.29) is 12.5 Å². The number of halogens is 3. The number of hydrogen-bond donors (Lipinski definition) is 0. The van der Waals surface area contributed by atoms with Crippen molar-refractivity contribution in [3.05, 3.63) is 52.0 Å². The minimum atomic E-state index is -4.40. The third-order valence-electron chi connectivity index (χ3n) is 4.54. The van der Waals surface area contributed by atoms with Gasteiger partial charge in [0.05, 0.1) is 16.3 Å². The molecular formula is C20H20F3N3O3S. The largest absolute Gasteiger partial charge is 0.452 e. The Morgan fingerprint density at radius 2 is 1.97 bits per heavy atom. The maximum Gasteiger partial charge on any atom is 0.416 e. The SMILES string of the molecule is Cc1nc(C=CC(=O)OCC(=O)N2CCN(c3cccc(C(F)(F)F)c3)CC2)cs1. The van der Waals surface area contributed by atoms with Gasteiger partial charge in [0.2, 0.25) is 0 Å². The van der Waals surface area contributed by atoms with Crippen molar-refractivity contribution in [3.63, 3.8) is 0 Å². The predicted molar refractivity (Wildman–Crippen MR) is 107 cm³/mol. The zero-order chi connectivity index (χ0) is 21.7. The van der Waals surface area contributed by atoms with E-state index < -0.39 is 17.7 Å². The average Bonchev–Trinajstić information content (AvgIpc) is 3.15. The lowest BCUT2D eigenvalue weighted by Crippen LogP contribution is -2.49. The number of carbonyl (C=O) groups is 2. The molecule has 1 aromatic carbocycles. The molecule has 0 saturated carbocycles. The van der Waals surface area contributed by atoms with Crippen LogP contribution in [0.15, 0.2) is 35.7 Å². The molecule has 1 aliphatic rings. The Balaban J connectivity index is 1.46. The van der Waals surface area contributed by atoms with Crippen LogP contribution in [0.1, 0.15) is 16.3 Å². The van der Waals surface area contributed by atoms with Crippen molar-refractivity contribution in [2.75, 3.05) is 37.7 Å². The third kappa shape index (κ3) is 5.82. The molecular weight excluding hydrogens is 419 g/mol. The van der Waals surface area contributed by atoms with Crippen LogP contribution in [-0.4, -0.2) is 54.5 Å². The predicted octanol–water partition coefficient (Wildman–Crippen LogP) is 3.38. The number of piperazine rings is 1. The first kappa shape index (κ1) is 21.8. The standard InChI is InChI=1S/C20H20F3N3O3S/c1-14-24-16(13-30-14)5-6-19(28)29-12-18(27)26-9-7-25(8-10-26)17-4-2-3-15(11-17)20(21,22)23/h2-6,11,13H,7-10,12H2,1H3. The summed E-state index contributed by atoms with van der Waals surface area (Å²) < 4.78 is 43.6. The van der Waals surface area contributed by atoms with E-state index in [4.69, 9.17) is 4.74 Å². The molecule has 2 aromatic rings. The van der Waals surface area contributed by atoms with E-state index in [1.54, 1.807) is 16.3 Å². The highest BCUT2D eigenvalue weighted by molar-refractivity contribution is 7.09. The van der Waals surface area contributed by atoms with Crippen molar-refractivity contribution in [1.82, 2.24) is 9.88 Å². The Labute approximate surface area is 175 Å². The van der Waals surface area contributed by atoms with Gasteiger partial charge < -0.3 is 14.5 Å². The van der Waals surface area contributed by atoms with Gasteiger partial charge in [-0.25, -0.2) is 9.78 Å². The molecule has 0 radical (unpaired) electrons. The number of rotatable bonds is 5. The molecule has 0 spiro atoms. The van der Waals surface area contributed by atoms with Crippen LogP contribution >= 0.6 is 11.3 Å². The van der Waals surface area contributed by atoms with Gasteiger partial charge in [0, 0.05) is 43.3 Å². The molecule has 0 atom stereocenters. The van der Waals surface area contributed by atoms with Gasteiger partial charge >= 0.3 is 12.1 Å². The summed E-state index contributed by atoms with van der Waals surface area (Å²) in [4.78, 5) is 31.5. The second-order valence-corrected chi connectivity index (χ2v) is 7.71. The maximum atomic E-state index is 12.9. The van der Waals surface area contributed by atoms with E-state index in [0.29, 0.717) is 37.6 Å². The van der Waals surface area contributed by atoms with Crippen LogP contribution in [-0.2, 0) is 20.5 Å². The van der Waals surface area contributed by atoms with Crippen molar-refractivity contribution in [3.8, 4) is 0 Å². The lowest BCUT2D eigenvalue weighted by molar-refractivity contribution is -0.148.